The van der Waals surface area contributed by atoms with Crippen LogP contribution in [-0.2, 0) is 4.74 Å². The molecule has 4 rings (SSSR count). The predicted octanol–water partition coefficient (Wildman–Crippen LogP) is 6.72. The maximum Gasteiger partial charge on any atom is 0.348 e. The number of rotatable bonds is 5. The van der Waals surface area contributed by atoms with E-state index in [1.54, 1.807) is 26.8 Å². The molecule has 0 aliphatic rings. The summed E-state index contributed by atoms with van der Waals surface area (Å²) in [5.74, 6) is -0.903. The third-order valence-corrected chi connectivity index (χ3v) is 6.83. The van der Waals surface area contributed by atoms with Crippen LogP contribution in [0.3, 0.4) is 0 Å². The zero-order chi connectivity index (χ0) is 24.4. The lowest BCUT2D eigenvalue weighted by atomic mass is 10.0. The highest BCUT2D eigenvalue weighted by molar-refractivity contribution is 9.10. The van der Waals surface area contributed by atoms with Gasteiger partial charge in [0.1, 0.15) is 15.9 Å². The molecule has 4 aromatic rings. The van der Waals surface area contributed by atoms with Crippen LogP contribution in [0.5, 0.6) is 0 Å². The number of carbonyl (C=O) groups is 2. The lowest BCUT2D eigenvalue weighted by Crippen LogP contribution is -2.13. The van der Waals surface area contributed by atoms with Gasteiger partial charge in [-0.2, -0.15) is 5.26 Å². The Kier molecular flexibility index (Phi) is 6.77. The average Bonchev–Trinajstić information content (AvgIpc) is 3.13. The number of aromatic nitrogens is 1. The molecular formula is C26H20BrN3O3S. The van der Waals surface area contributed by atoms with Crippen LogP contribution in [-0.4, -0.2) is 23.0 Å². The molecule has 6 nitrogen and oxygen atoms in total. The van der Waals surface area contributed by atoms with Crippen LogP contribution >= 0.6 is 27.3 Å². The first-order valence-electron chi connectivity index (χ1n) is 10.5. The fraction of sp³-hybridized carbons (Fsp3) is 0.154. The Bertz CT molecular complexity index is 1450. The van der Waals surface area contributed by atoms with Gasteiger partial charge in [0.15, 0.2) is 0 Å². The van der Waals surface area contributed by atoms with E-state index in [0.29, 0.717) is 37.6 Å². The Hall–Kier alpha value is -3.54. The maximum atomic E-state index is 13.4. The standard InChI is InChI=1S/C26H20BrN3O3S/c1-14(2)33-26(32)23-15(3)20(13-28)25(34-23)30-24(31)19-12-22(16-8-10-17(27)11-9-16)29-21-7-5-4-6-18(19)21/h4-12,14H,1-3H3,(H,30,31). The van der Waals surface area contributed by atoms with E-state index < -0.39 is 11.9 Å². The minimum absolute atomic E-state index is 0.251. The summed E-state index contributed by atoms with van der Waals surface area (Å²) < 4.78 is 6.23. The minimum Gasteiger partial charge on any atom is -0.459 e. The molecule has 2 aromatic heterocycles. The van der Waals surface area contributed by atoms with Gasteiger partial charge < -0.3 is 10.1 Å². The van der Waals surface area contributed by atoms with Crippen molar-refractivity contribution < 1.29 is 14.3 Å². The summed E-state index contributed by atoms with van der Waals surface area (Å²) in [6.07, 6.45) is -0.294. The molecule has 0 radical (unpaired) electrons. The van der Waals surface area contributed by atoms with E-state index in [4.69, 9.17) is 9.72 Å². The molecule has 34 heavy (non-hydrogen) atoms. The van der Waals surface area contributed by atoms with Gasteiger partial charge in [-0.3, -0.25) is 4.79 Å². The predicted molar refractivity (Wildman–Crippen MR) is 137 cm³/mol. The van der Waals surface area contributed by atoms with Crippen molar-refractivity contribution in [3.05, 3.63) is 80.6 Å². The van der Waals surface area contributed by atoms with E-state index in [-0.39, 0.29) is 11.7 Å². The summed E-state index contributed by atoms with van der Waals surface area (Å²) in [6.45, 7) is 5.19. The number of amides is 1. The summed E-state index contributed by atoms with van der Waals surface area (Å²) in [4.78, 5) is 30.9. The molecule has 0 saturated carbocycles. The SMILES string of the molecule is Cc1c(C(=O)OC(C)C)sc(NC(=O)c2cc(-c3ccc(Br)cc3)nc3ccccc23)c1C#N. The Morgan fingerprint density at radius 3 is 2.53 bits per heavy atom. The van der Waals surface area contributed by atoms with Crippen LogP contribution in [0.15, 0.2) is 59.1 Å². The van der Waals surface area contributed by atoms with Crippen LogP contribution in [0.1, 0.15) is 45.0 Å². The van der Waals surface area contributed by atoms with Gasteiger partial charge in [0.2, 0.25) is 0 Å². The molecule has 0 bridgehead atoms. The normalized spacial score (nSPS) is 10.8. The first-order chi connectivity index (χ1) is 16.3. The average molecular weight is 534 g/mol. The van der Waals surface area contributed by atoms with Gasteiger partial charge in [-0.15, -0.1) is 11.3 Å². The highest BCUT2D eigenvalue weighted by Gasteiger charge is 2.24. The number of ether oxygens (including phenoxy) is 1. The summed E-state index contributed by atoms with van der Waals surface area (Å²) in [5.41, 5.74) is 3.36. The molecule has 1 amide bonds. The first kappa shape index (κ1) is 23.6. The third kappa shape index (κ3) is 4.72. The quantitative estimate of drug-likeness (QED) is 0.287. The molecule has 0 spiro atoms. The Morgan fingerprint density at radius 1 is 1.15 bits per heavy atom. The number of esters is 1. The van der Waals surface area contributed by atoms with Gasteiger partial charge in [0, 0.05) is 15.4 Å². The van der Waals surface area contributed by atoms with Crippen molar-refractivity contribution in [3.63, 3.8) is 0 Å². The van der Waals surface area contributed by atoms with E-state index in [0.717, 1.165) is 21.4 Å². The number of pyridine rings is 1. The molecule has 0 saturated heterocycles. The highest BCUT2D eigenvalue weighted by atomic mass is 79.9. The second-order valence-corrected chi connectivity index (χ2v) is 9.80. The third-order valence-electron chi connectivity index (χ3n) is 5.11. The van der Waals surface area contributed by atoms with E-state index in [1.807, 2.05) is 48.5 Å². The van der Waals surface area contributed by atoms with E-state index in [9.17, 15) is 14.9 Å². The van der Waals surface area contributed by atoms with Crippen molar-refractivity contribution in [2.24, 2.45) is 0 Å². The van der Waals surface area contributed by atoms with Gasteiger partial charge in [-0.25, -0.2) is 9.78 Å². The van der Waals surface area contributed by atoms with Gasteiger partial charge >= 0.3 is 5.97 Å². The van der Waals surface area contributed by atoms with Gasteiger partial charge in [-0.1, -0.05) is 46.3 Å². The van der Waals surface area contributed by atoms with Gasteiger partial charge in [-0.05, 0) is 50.6 Å². The van der Waals surface area contributed by atoms with Crippen LogP contribution in [0.4, 0.5) is 5.00 Å². The molecular weight excluding hydrogens is 514 g/mol. The number of hydrogen-bond acceptors (Lipinski definition) is 6. The second kappa shape index (κ2) is 9.75. The molecule has 0 unspecified atom stereocenters. The Balaban J connectivity index is 1.76. The van der Waals surface area contributed by atoms with Crippen molar-refractivity contribution in [1.82, 2.24) is 4.98 Å². The van der Waals surface area contributed by atoms with Crippen LogP contribution in [0, 0.1) is 18.3 Å². The molecule has 1 N–H and O–H groups in total. The number of halogens is 1. The fourth-order valence-electron chi connectivity index (χ4n) is 3.50. The Labute approximate surface area is 209 Å². The maximum absolute atomic E-state index is 13.4. The van der Waals surface area contributed by atoms with Crippen molar-refractivity contribution in [3.8, 4) is 17.3 Å². The van der Waals surface area contributed by atoms with E-state index in [1.165, 1.54) is 0 Å². The molecule has 0 aliphatic carbocycles. The molecule has 0 aliphatic heterocycles. The Morgan fingerprint density at radius 2 is 1.85 bits per heavy atom. The highest BCUT2D eigenvalue weighted by Crippen LogP contribution is 2.34. The van der Waals surface area contributed by atoms with Crippen molar-refractivity contribution in [1.29, 1.82) is 5.26 Å². The number of hydrogen-bond donors (Lipinski definition) is 1. The summed E-state index contributed by atoms with van der Waals surface area (Å²) >= 11 is 4.48. The number of nitriles is 1. The van der Waals surface area contributed by atoms with Gasteiger partial charge in [0.25, 0.3) is 5.91 Å². The number of nitrogens with zero attached hydrogens (tertiary/aromatic N) is 2. The molecule has 0 atom stereocenters. The summed E-state index contributed by atoms with van der Waals surface area (Å²) in [5, 5.41) is 13.5. The molecule has 170 valence electrons. The lowest BCUT2D eigenvalue weighted by Gasteiger charge is -2.10. The largest absolute Gasteiger partial charge is 0.459 e. The van der Waals surface area contributed by atoms with Crippen molar-refractivity contribution in [2.45, 2.75) is 26.9 Å². The number of carbonyl (C=O) groups excluding carboxylic acids is 2. The van der Waals surface area contributed by atoms with Gasteiger partial charge in [0.05, 0.1) is 28.4 Å². The zero-order valence-corrected chi connectivity index (χ0v) is 21.1. The van der Waals surface area contributed by atoms with Crippen LogP contribution in [0.25, 0.3) is 22.2 Å². The number of nitrogens with one attached hydrogen (secondary N) is 1. The number of para-hydroxylation sites is 1. The molecule has 2 heterocycles. The summed E-state index contributed by atoms with van der Waals surface area (Å²) in [6, 6.07) is 18.9. The van der Waals surface area contributed by atoms with E-state index >= 15 is 0 Å². The topological polar surface area (TPSA) is 92.1 Å². The molecule has 0 fully saturated rings. The molecule has 2 aromatic carbocycles. The number of thiophene rings is 1. The second-order valence-electron chi connectivity index (χ2n) is 7.86. The van der Waals surface area contributed by atoms with Crippen molar-refractivity contribution >= 4 is 55.0 Å². The first-order valence-corrected chi connectivity index (χ1v) is 12.1. The lowest BCUT2D eigenvalue weighted by molar-refractivity contribution is 0.0383. The molecule has 8 heteroatoms. The number of anilines is 1. The van der Waals surface area contributed by atoms with Crippen molar-refractivity contribution in [2.75, 3.05) is 5.32 Å². The number of benzene rings is 2. The van der Waals surface area contributed by atoms with E-state index in [2.05, 4.69) is 27.3 Å². The number of fused-ring (bicyclic) bond motifs is 1. The monoisotopic (exact) mass is 533 g/mol. The fourth-order valence-corrected chi connectivity index (χ4v) is 4.80. The minimum atomic E-state index is -0.513. The zero-order valence-electron chi connectivity index (χ0n) is 18.7. The van der Waals surface area contributed by atoms with Crippen LogP contribution in [0.2, 0.25) is 0 Å². The smallest absolute Gasteiger partial charge is 0.348 e. The summed E-state index contributed by atoms with van der Waals surface area (Å²) in [7, 11) is 0. The van der Waals surface area contributed by atoms with Crippen LogP contribution < -0.4 is 5.32 Å².